The molecule has 94 valence electrons. The van der Waals surface area contributed by atoms with Crippen molar-refractivity contribution in [1.29, 1.82) is 0 Å². The van der Waals surface area contributed by atoms with Crippen molar-refractivity contribution in [3.05, 3.63) is 35.7 Å². The van der Waals surface area contributed by atoms with Crippen LogP contribution in [0.3, 0.4) is 0 Å². The summed E-state index contributed by atoms with van der Waals surface area (Å²) in [6.45, 7) is 0.626. The topological polar surface area (TPSA) is 78.9 Å². The van der Waals surface area contributed by atoms with Crippen LogP contribution in [0.2, 0.25) is 0 Å². The van der Waals surface area contributed by atoms with Crippen molar-refractivity contribution in [3.63, 3.8) is 0 Å². The van der Waals surface area contributed by atoms with E-state index >= 15 is 0 Å². The van der Waals surface area contributed by atoms with Gasteiger partial charge in [-0.15, -0.1) is 10.2 Å². The Balaban J connectivity index is 1.76. The number of hydrogen-bond acceptors (Lipinski definition) is 5. The Morgan fingerprint density at radius 2 is 2.33 bits per heavy atom. The summed E-state index contributed by atoms with van der Waals surface area (Å²) in [4.78, 5) is 1.45. The second-order valence-corrected chi connectivity index (χ2v) is 4.52. The van der Waals surface area contributed by atoms with Crippen molar-refractivity contribution < 1.29 is 4.74 Å². The van der Waals surface area contributed by atoms with Crippen LogP contribution in [0.4, 0.5) is 0 Å². The van der Waals surface area contributed by atoms with Gasteiger partial charge in [0.15, 0.2) is 5.82 Å². The fourth-order valence-electron chi connectivity index (χ4n) is 2.30. The fraction of sp³-hybridized carbons (Fsp3) is 0.417. The van der Waals surface area contributed by atoms with Crippen molar-refractivity contribution in [3.8, 4) is 5.75 Å². The lowest BCUT2D eigenvalue weighted by molar-refractivity contribution is 0.312. The van der Waals surface area contributed by atoms with E-state index in [1.807, 2.05) is 18.2 Å². The summed E-state index contributed by atoms with van der Waals surface area (Å²) in [6, 6.07) is 7.96. The minimum Gasteiger partial charge on any atom is -0.493 e. The lowest BCUT2D eigenvalue weighted by atomic mass is 9.92. The Morgan fingerprint density at radius 1 is 1.50 bits per heavy atom. The molecule has 1 aromatic carbocycles. The molecule has 0 spiro atoms. The van der Waals surface area contributed by atoms with Gasteiger partial charge in [-0.25, -0.2) is 0 Å². The molecule has 18 heavy (non-hydrogen) atoms. The first kappa shape index (κ1) is 11.2. The summed E-state index contributed by atoms with van der Waals surface area (Å²) in [5.41, 5.74) is 7.41. The Labute approximate surface area is 105 Å². The van der Waals surface area contributed by atoms with Crippen LogP contribution >= 0.6 is 0 Å². The Hall–Kier alpha value is -1.95. The average molecular weight is 245 g/mol. The SMILES string of the molecule is Cn1nnc(CC(N)C2COc3ccccc32)n1. The molecule has 0 amide bonds. The highest BCUT2D eigenvalue weighted by Gasteiger charge is 2.29. The van der Waals surface area contributed by atoms with Gasteiger partial charge in [-0.05, 0) is 11.3 Å². The van der Waals surface area contributed by atoms with E-state index in [0.717, 1.165) is 5.75 Å². The molecule has 0 radical (unpaired) electrons. The second kappa shape index (κ2) is 4.38. The molecule has 1 aliphatic heterocycles. The number of tetrazole rings is 1. The Bertz CT molecular complexity index is 553. The van der Waals surface area contributed by atoms with E-state index in [1.165, 1.54) is 10.4 Å². The Morgan fingerprint density at radius 3 is 3.11 bits per heavy atom. The highest BCUT2D eigenvalue weighted by Crippen LogP contribution is 2.35. The monoisotopic (exact) mass is 245 g/mol. The summed E-state index contributed by atoms with van der Waals surface area (Å²) in [5, 5.41) is 11.9. The van der Waals surface area contributed by atoms with Crippen molar-refractivity contribution in [1.82, 2.24) is 20.2 Å². The summed E-state index contributed by atoms with van der Waals surface area (Å²) in [5.74, 6) is 1.81. The van der Waals surface area contributed by atoms with Gasteiger partial charge in [0, 0.05) is 23.9 Å². The quantitative estimate of drug-likeness (QED) is 0.839. The molecule has 6 nitrogen and oxygen atoms in total. The molecule has 0 bridgehead atoms. The third-order valence-electron chi connectivity index (χ3n) is 3.22. The molecule has 3 rings (SSSR count). The molecule has 6 heteroatoms. The highest BCUT2D eigenvalue weighted by molar-refractivity contribution is 5.40. The van der Waals surface area contributed by atoms with E-state index < -0.39 is 0 Å². The van der Waals surface area contributed by atoms with Gasteiger partial charge in [0.05, 0.1) is 13.7 Å². The molecule has 0 fully saturated rings. The van der Waals surface area contributed by atoms with Crippen LogP contribution in [0, 0.1) is 0 Å². The first-order valence-corrected chi connectivity index (χ1v) is 5.94. The zero-order chi connectivity index (χ0) is 12.5. The van der Waals surface area contributed by atoms with Crippen LogP contribution in [0.5, 0.6) is 5.75 Å². The van der Waals surface area contributed by atoms with Crippen molar-refractivity contribution in [2.24, 2.45) is 12.8 Å². The summed E-state index contributed by atoms with van der Waals surface area (Å²) in [6.07, 6.45) is 0.607. The molecular formula is C12H15N5O. The third kappa shape index (κ3) is 1.95. The van der Waals surface area contributed by atoms with Crippen LogP contribution in [0.25, 0.3) is 0 Å². The minimum atomic E-state index is -0.0575. The molecule has 0 saturated carbocycles. The predicted molar refractivity (Wildman–Crippen MR) is 65.2 cm³/mol. The smallest absolute Gasteiger partial charge is 0.176 e. The summed E-state index contributed by atoms with van der Waals surface area (Å²) >= 11 is 0. The number of nitrogens with zero attached hydrogens (tertiary/aromatic N) is 4. The first-order chi connectivity index (χ1) is 8.74. The largest absolute Gasteiger partial charge is 0.493 e. The highest BCUT2D eigenvalue weighted by atomic mass is 16.5. The number of fused-ring (bicyclic) bond motifs is 1. The van der Waals surface area contributed by atoms with Gasteiger partial charge >= 0.3 is 0 Å². The number of ether oxygens (including phenoxy) is 1. The minimum absolute atomic E-state index is 0.0575. The van der Waals surface area contributed by atoms with Gasteiger partial charge in [-0.1, -0.05) is 18.2 Å². The van der Waals surface area contributed by atoms with Crippen LogP contribution < -0.4 is 10.5 Å². The van der Waals surface area contributed by atoms with Crippen LogP contribution in [-0.4, -0.2) is 32.9 Å². The van der Waals surface area contributed by atoms with Gasteiger partial charge in [-0.3, -0.25) is 0 Å². The number of nitrogens with two attached hydrogens (primary N) is 1. The fourth-order valence-corrected chi connectivity index (χ4v) is 2.30. The second-order valence-electron chi connectivity index (χ2n) is 4.52. The van der Waals surface area contributed by atoms with Crippen LogP contribution in [0.1, 0.15) is 17.3 Å². The van der Waals surface area contributed by atoms with Crippen LogP contribution in [-0.2, 0) is 13.5 Å². The van der Waals surface area contributed by atoms with E-state index in [-0.39, 0.29) is 12.0 Å². The molecule has 1 aliphatic rings. The normalized spacial score (nSPS) is 19.3. The van der Waals surface area contributed by atoms with Crippen molar-refractivity contribution in [2.45, 2.75) is 18.4 Å². The molecule has 0 aliphatic carbocycles. The Kier molecular flexibility index (Phi) is 2.71. The van der Waals surface area contributed by atoms with E-state index in [2.05, 4.69) is 21.5 Å². The molecule has 2 unspecified atom stereocenters. The molecule has 2 aromatic rings. The first-order valence-electron chi connectivity index (χ1n) is 5.94. The summed E-state index contributed by atoms with van der Waals surface area (Å²) in [7, 11) is 1.75. The van der Waals surface area contributed by atoms with E-state index in [9.17, 15) is 0 Å². The maximum atomic E-state index is 6.24. The maximum Gasteiger partial charge on any atom is 0.176 e. The number of hydrogen-bond donors (Lipinski definition) is 1. The third-order valence-corrected chi connectivity index (χ3v) is 3.22. The lowest BCUT2D eigenvalue weighted by Gasteiger charge is -2.16. The number of para-hydroxylation sites is 1. The zero-order valence-corrected chi connectivity index (χ0v) is 10.2. The molecule has 1 aromatic heterocycles. The summed E-state index contributed by atoms with van der Waals surface area (Å²) < 4.78 is 5.63. The molecule has 2 heterocycles. The molecule has 0 saturated heterocycles. The van der Waals surface area contributed by atoms with E-state index in [0.29, 0.717) is 18.9 Å². The number of benzene rings is 1. The van der Waals surface area contributed by atoms with Crippen LogP contribution in [0.15, 0.2) is 24.3 Å². The maximum absolute atomic E-state index is 6.24. The van der Waals surface area contributed by atoms with Gasteiger partial charge in [-0.2, -0.15) is 4.80 Å². The number of aryl methyl sites for hydroxylation is 1. The number of aromatic nitrogens is 4. The van der Waals surface area contributed by atoms with Crippen molar-refractivity contribution in [2.75, 3.05) is 6.61 Å². The predicted octanol–water partition coefficient (Wildman–Crippen LogP) is 0.256. The van der Waals surface area contributed by atoms with Gasteiger partial charge in [0.1, 0.15) is 5.75 Å². The molecule has 2 atom stereocenters. The van der Waals surface area contributed by atoms with Crippen molar-refractivity contribution >= 4 is 0 Å². The van der Waals surface area contributed by atoms with Gasteiger partial charge in [0.2, 0.25) is 0 Å². The average Bonchev–Trinajstić information content (AvgIpc) is 2.95. The number of rotatable bonds is 3. The van der Waals surface area contributed by atoms with Gasteiger partial charge < -0.3 is 10.5 Å². The van der Waals surface area contributed by atoms with Gasteiger partial charge in [0.25, 0.3) is 0 Å². The zero-order valence-electron chi connectivity index (χ0n) is 10.2. The van der Waals surface area contributed by atoms with E-state index in [1.54, 1.807) is 7.05 Å². The lowest BCUT2D eigenvalue weighted by Crippen LogP contribution is -2.32. The molecule has 2 N–H and O–H groups in total. The standard InChI is InChI=1S/C12H15N5O/c1-17-15-12(14-16-17)6-10(13)9-7-18-11-5-3-2-4-8(9)11/h2-5,9-10H,6-7,13H2,1H3. The van der Waals surface area contributed by atoms with E-state index in [4.69, 9.17) is 10.5 Å². The molecular weight excluding hydrogens is 230 g/mol.